The number of thiazole rings is 1. The highest BCUT2D eigenvalue weighted by molar-refractivity contribution is 7.99. The molecule has 4 aromatic heterocycles. The Morgan fingerprint density at radius 2 is 1.79 bits per heavy atom. The first-order valence-electron chi connectivity index (χ1n) is 11.9. The third-order valence-electron chi connectivity index (χ3n) is 6.22. The standard InChI is InChI=1S/C27H25N5OS3.3ClH/c1-32-12-8-18(9-13-32)22-17-35-27(30-22)31-26-23(33-19-5-3-2-4-6-19)15-20(16-29-26)36-24-7-11-28-21-10-14-34-25(21)24;;;/h2-7,10-11,14-18H,8-9,12-13H2,1H3,(H,29,30,31);3*1H. The monoisotopic (exact) mass is 639 g/mol. The van der Waals surface area contributed by atoms with Crippen LogP contribution in [-0.4, -0.2) is 40.0 Å². The van der Waals surface area contributed by atoms with E-state index in [1.165, 1.54) is 10.4 Å². The summed E-state index contributed by atoms with van der Waals surface area (Å²) in [5.74, 6) is 2.61. The van der Waals surface area contributed by atoms with Gasteiger partial charge in [0.1, 0.15) is 5.75 Å². The number of para-hydroxylation sites is 1. The summed E-state index contributed by atoms with van der Waals surface area (Å²) in [5.41, 5.74) is 2.19. The average molecular weight is 641 g/mol. The van der Waals surface area contributed by atoms with E-state index in [-0.39, 0.29) is 37.2 Å². The van der Waals surface area contributed by atoms with E-state index in [0.717, 1.165) is 52.1 Å². The Balaban J connectivity index is 0.00000140. The molecule has 1 saturated heterocycles. The minimum absolute atomic E-state index is 0. The van der Waals surface area contributed by atoms with E-state index in [4.69, 9.17) is 14.7 Å². The molecule has 0 radical (unpaired) electrons. The van der Waals surface area contributed by atoms with Crippen LogP contribution in [-0.2, 0) is 0 Å². The largest absolute Gasteiger partial charge is 0.453 e. The summed E-state index contributed by atoms with van der Waals surface area (Å²) in [7, 11) is 2.18. The molecule has 0 aliphatic carbocycles. The summed E-state index contributed by atoms with van der Waals surface area (Å²) in [4.78, 5) is 18.7. The molecule has 5 heterocycles. The lowest BCUT2D eigenvalue weighted by atomic mass is 9.95. The van der Waals surface area contributed by atoms with Gasteiger partial charge in [0.2, 0.25) is 0 Å². The second-order valence-corrected chi connectivity index (χ2v) is 11.6. The fourth-order valence-corrected chi connectivity index (χ4v) is 6.93. The lowest BCUT2D eigenvalue weighted by Gasteiger charge is -2.27. The van der Waals surface area contributed by atoms with Crippen LogP contribution in [0, 0.1) is 0 Å². The van der Waals surface area contributed by atoms with Gasteiger partial charge >= 0.3 is 0 Å². The number of hydrogen-bond donors (Lipinski definition) is 1. The zero-order valence-electron chi connectivity index (χ0n) is 21.0. The normalized spacial score (nSPS) is 13.7. The van der Waals surface area contributed by atoms with Crippen molar-refractivity contribution < 1.29 is 4.74 Å². The van der Waals surface area contributed by atoms with Crippen molar-refractivity contribution >= 4 is 92.8 Å². The summed E-state index contributed by atoms with van der Waals surface area (Å²) < 4.78 is 7.47. The molecule has 1 fully saturated rings. The molecule has 6 nitrogen and oxygen atoms in total. The van der Waals surface area contributed by atoms with Crippen LogP contribution in [0.2, 0.25) is 0 Å². The maximum atomic E-state index is 6.29. The van der Waals surface area contributed by atoms with Crippen LogP contribution in [0.5, 0.6) is 11.5 Å². The summed E-state index contributed by atoms with van der Waals surface area (Å²) in [5, 5.41) is 8.51. The van der Waals surface area contributed by atoms with E-state index in [2.05, 4.69) is 33.0 Å². The molecule has 12 heteroatoms. The van der Waals surface area contributed by atoms with Crippen LogP contribution >= 0.6 is 71.7 Å². The predicted molar refractivity (Wildman–Crippen MR) is 171 cm³/mol. The van der Waals surface area contributed by atoms with Crippen molar-refractivity contribution in [2.45, 2.75) is 28.6 Å². The molecule has 0 atom stereocenters. The van der Waals surface area contributed by atoms with Gasteiger partial charge < -0.3 is 15.0 Å². The summed E-state index contributed by atoms with van der Waals surface area (Å²) in [6.07, 6.45) is 6.04. The van der Waals surface area contributed by atoms with E-state index in [1.807, 2.05) is 60.9 Å². The Morgan fingerprint density at radius 3 is 2.59 bits per heavy atom. The van der Waals surface area contributed by atoms with Gasteiger partial charge in [0.25, 0.3) is 0 Å². The number of nitrogens with zero attached hydrogens (tertiary/aromatic N) is 4. The number of benzene rings is 1. The highest BCUT2D eigenvalue weighted by Crippen LogP contribution is 2.40. The highest BCUT2D eigenvalue weighted by atomic mass is 35.5. The van der Waals surface area contributed by atoms with Gasteiger partial charge in [-0.05, 0) is 62.6 Å². The number of nitrogens with one attached hydrogen (secondary N) is 1. The second-order valence-electron chi connectivity index (χ2n) is 8.76. The summed E-state index contributed by atoms with van der Waals surface area (Å²) in [6.45, 7) is 2.24. The quantitative estimate of drug-likeness (QED) is 0.191. The zero-order valence-corrected chi connectivity index (χ0v) is 25.9. The van der Waals surface area contributed by atoms with Crippen LogP contribution in [0.3, 0.4) is 0 Å². The Labute approximate surface area is 258 Å². The van der Waals surface area contributed by atoms with Gasteiger partial charge in [-0.15, -0.1) is 59.9 Å². The molecule has 1 aliphatic heterocycles. The van der Waals surface area contributed by atoms with Crippen LogP contribution in [0.4, 0.5) is 10.9 Å². The van der Waals surface area contributed by atoms with Crippen molar-refractivity contribution in [3.8, 4) is 11.5 Å². The molecule has 39 heavy (non-hydrogen) atoms. The van der Waals surface area contributed by atoms with Crippen molar-refractivity contribution in [1.29, 1.82) is 0 Å². The van der Waals surface area contributed by atoms with Crippen molar-refractivity contribution in [1.82, 2.24) is 19.9 Å². The lowest BCUT2D eigenvalue weighted by Crippen LogP contribution is -2.29. The molecule has 0 spiro atoms. The smallest absolute Gasteiger partial charge is 0.188 e. The number of aromatic nitrogens is 3. The molecule has 1 aromatic carbocycles. The first-order valence-corrected chi connectivity index (χ1v) is 14.4. The van der Waals surface area contributed by atoms with E-state index in [9.17, 15) is 0 Å². The van der Waals surface area contributed by atoms with Gasteiger partial charge in [0.05, 0.1) is 15.9 Å². The van der Waals surface area contributed by atoms with Gasteiger partial charge in [0, 0.05) is 39.5 Å². The number of rotatable bonds is 7. The molecule has 206 valence electrons. The Bertz CT molecular complexity index is 1480. The van der Waals surface area contributed by atoms with Crippen molar-refractivity contribution in [3.63, 3.8) is 0 Å². The maximum absolute atomic E-state index is 6.29. The average Bonchev–Trinajstić information content (AvgIpc) is 3.57. The van der Waals surface area contributed by atoms with E-state index >= 15 is 0 Å². The van der Waals surface area contributed by atoms with Gasteiger partial charge in [-0.1, -0.05) is 30.0 Å². The topological polar surface area (TPSA) is 63.2 Å². The minimum atomic E-state index is 0. The molecule has 6 rings (SSSR count). The third kappa shape index (κ3) is 7.55. The molecular weight excluding hydrogens is 613 g/mol. The molecule has 0 bridgehead atoms. The first kappa shape index (κ1) is 31.4. The Kier molecular flexibility index (Phi) is 11.7. The number of likely N-dealkylation sites (tertiary alicyclic amines) is 1. The van der Waals surface area contributed by atoms with Crippen molar-refractivity contribution in [3.05, 3.63) is 77.4 Å². The lowest BCUT2D eigenvalue weighted by molar-refractivity contribution is 0.254. The number of pyridine rings is 2. The van der Waals surface area contributed by atoms with Gasteiger partial charge in [-0.3, -0.25) is 4.98 Å². The van der Waals surface area contributed by atoms with E-state index < -0.39 is 0 Å². The Morgan fingerprint density at radius 1 is 1.00 bits per heavy atom. The number of halogens is 3. The number of fused-ring (bicyclic) bond motifs is 1. The van der Waals surface area contributed by atoms with E-state index in [0.29, 0.717) is 17.5 Å². The number of piperidine rings is 1. The Hall–Kier alpha value is -2.11. The number of anilines is 2. The fourth-order valence-electron chi connectivity index (χ4n) is 4.26. The minimum Gasteiger partial charge on any atom is -0.453 e. The fraction of sp³-hybridized carbons (Fsp3) is 0.222. The highest BCUT2D eigenvalue weighted by Gasteiger charge is 2.21. The van der Waals surface area contributed by atoms with Gasteiger partial charge in [-0.2, -0.15) is 0 Å². The van der Waals surface area contributed by atoms with Gasteiger partial charge in [-0.25, -0.2) is 9.97 Å². The van der Waals surface area contributed by atoms with Crippen molar-refractivity contribution in [2.75, 3.05) is 25.5 Å². The van der Waals surface area contributed by atoms with Gasteiger partial charge in [0.15, 0.2) is 16.7 Å². The predicted octanol–water partition coefficient (Wildman–Crippen LogP) is 8.91. The zero-order chi connectivity index (χ0) is 24.3. The summed E-state index contributed by atoms with van der Waals surface area (Å²) >= 11 is 4.99. The van der Waals surface area contributed by atoms with E-state index in [1.54, 1.807) is 34.4 Å². The molecular formula is C27H28Cl3N5OS3. The second kappa shape index (κ2) is 14.5. The third-order valence-corrected chi connectivity index (χ3v) is 9.08. The molecule has 1 aliphatic rings. The number of ether oxygens (including phenoxy) is 1. The van der Waals surface area contributed by atoms with Crippen molar-refractivity contribution in [2.24, 2.45) is 0 Å². The van der Waals surface area contributed by atoms with Crippen LogP contribution in [0.1, 0.15) is 24.5 Å². The number of hydrogen-bond acceptors (Lipinski definition) is 9. The van der Waals surface area contributed by atoms with Crippen LogP contribution < -0.4 is 10.1 Å². The first-order chi connectivity index (χ1) is 17.7. The molecule has 5 aromatic rings. The SMILES string of the molecule is CN1CCC(c2csc(Nc3ncc(Sc4ccnc5ccsc45)cc3Oc3ccccc3)n2)CC1.Cl.Cl.Cl. The van der Waals surface area contributed by atoms with Crippen LogP contribution in [0.15, 0.2) is 81.5 Å². The molecule has 0 unspecified atom stereocenters. The molecule has 0 saturated carbocycles. The molecule has 1 N–H and O–H groups in total. The number of thiophene rings is 1. The molecule has 0 amide bonds. The van der Waals surface area contributed by atoms with Crippen LogP contribution in [0.25, 0.3) is 10.2 Å². The maximum Gasteiger partial charge on any atom is 0.188 e. The summed E-state index contributed by atoms with van der Waals surface area (Å²) in [6, 6.07) is 15.9.